The zero-order chi connectivity index (χ0) is 22.4. The predicted molar refractivity (Wildman–Crippen MR) is 139 cm³/mol. The molecular weight excluding hydrogens is 396 g/mol. The van der Waals surface area contributed by atoms with E-state index in [1.807, 2.05) is 0 Å². The molecule has 0 aromatic heterocycles. The molecule has 6 rings (SSSR count). The predicted octanol–water partition coefficient (Wildman–Crippen LogP) is 8.33. The number of fused-ring (bicyclic) bond motifs is 3. The Morgan fingerprint density at radius 2 is 0.970 bits per heavy atom. The molecule has 0 heteroatoms. The highest BCUT2D eigenvalue weighted by Gasteiger charge is 2.46. The van der Waals surface area contributed by atoms with Gasteiger partial charge in [-0.15, -0.1) is 0 Å². The second-order valence-corrected chi connectivity index (χ2v) is 9.15. The minimum absolute atomic E-state index is 0.349. The average Bonchev–Trinajstić information content (AvgIpc) is 3.16. The maximum Gasteiger partial charge on any atom is 0.0713 e. The fourth-order valence-corrected chi connectivity index (χ4v) is 5.49. The van der Waals surface area contributed by atoms with Crippen LogP contribution in [-0.4, -0.2) is 0 Å². The summed E-state index contributed by atoms with van der Waals surface area (Å²) in [7, 11) is 0. The van der Waals surface area contributed by atoms with E-state index in [2.05, 4.69) is 135 Å². The van der Waals surface area contributed by atoms with Crippen LogP contribution in [0.25, 0.3) is 22.3 Å². The molecule has 5 aromatic rings. The third-order valence-corrected chi connectivity index (χ3v) is 7.12. The van der Waals surface area contributed by atoms with Crippen molar-refractivity contribution in [3.8, 4) is 22.3 Å². The summed E-state index contributed by atoms with van der Waals surface area (Å²) in [6.07, 6.45) is 0. The third kappa shape index (κ3) is 2.98. The zero-order valence-corrected chi connectivity index (χ0v) is 19.0. The van der Waals surface area contributed by atoms with E-state index in [-0.39, 0.29) is 5.41 Å². The third-order valence-electron chi connectivity index (χ3n) is 7.12. The van der Waals surface area contributed by atoms with Crippen LogP contribution in [0.1, 0.15) is 33.4 Å². The SMILES string of the molecule is Cc1ccc(C2(c3ccc(C)cc3)c3ccccc3-c3ccc(-c4ccccc4)cc32)cc1. The van der Waals surface area contributed by atoms with E-state index in [9.17, 15) is 0 Å². The largest absolute Gasteiger partial charge is 0.0713 e. The molecule has 5 aromatic carbocycles. The van der Waals surface area contributed by atoms with Gasteiger partial charge in [-0.1, -0.05) is 126 Å². The highest BCUT2D eigenvalue weighted by Crippen LogP contribution is 2.56. The van der Waals surface area contributed by atoms with Crippen molar-refractivity contribution >= 4 is 0 Å². The molecule has 33 heavy (non-hydrogen) atoms. The summed E-state index contributed by atoms with van der Waals surface area (Å²) in [6.45, 7) is 4.32. The van der Waals surface area contributed by atoms with Gasteiger partial charge in [-0.3, -0.25) is 0 Å². The van der Waals surface area contributed by atoms with Crippen LogP contribution in [0.3, 0.4) is 0 Å². The molecule has 0 radical (unpaired) electrons. The average molecular weight is 423 g/mol. The van der Waals surface area contributed by atoms with Crippen LogP contribution in [0.15, 0.2) is 121 Å². The van der Waals surface area contributed by atoms with Gasteiger partial charge in [-0.05, 0) is 64.4 Å². The molecule has 1 aliphatic carbocycles. The van der Waals surface area contributed by atoms with Crippen molar-refractivity contribution in [3.05, 3.63) is 155 Å². The van der Waals surface area contributed by atoms with E-state index in [1.165, 1.54) is 55.6 Å². The fraction of sp³-hybridized carbons (Fsp3) is 0.0909. The number of rotatable bonds is 3. The molecule has 0 spiro atoms. The van der Waals surface area contributed by atoms with Crippen LogP contribution in [-0.2, 0) is 5.41 Å². The van der Waals surface area contributed by atoms with E-state index in [0.29, 0.717) is 0 Å². The first-order valence-corrected chi connectivity index (χ1v) is 11.6. The minimum atomic E-state index is -0.349. The van der Waals surface area contributed by atoms with Crippen LogP contribution in [0.4, 0.5) is 0 Å². The topological polar surface area (TPSA) is 0 Å². The van der Waals surface area contributed by atoms with Gasteiger partial charge in [0, 0.05) is 0 Å². The van der Waals surface area contributed by atoms with Gasteiger partial charge in [0.05, 0.1) is 5.41 Å². The molecule has 0 amide bonds. The van der Waals surface area contributed by atoms with Crippen molar-refractivity contribution in [1.82, 2.24) is 0 Å². The van der Waals surface area contributed by atoms with Crippen LogP contribution >= 0.6 is 0 Å². The first-order chi connectivity index (χ1) is 16.2. The van der Waals surface area contributed by atoms with Crippen molar-refractivity contribution in [2.24, 2.45) is 0 Å². The van der Waals surface area contributed by atoms with Gasteiger partial charge < -0.3 is 0 Å². The van der Waals surface area contributed by atoms with E-state index in [1.54, 1.807) is 0 Å². The monoisotopic (exact) mass is 422 g/mol. The standard InChI is InChI=1S/C33H26/c1-23-12-17-27(18-13-23)33(28-19-14-24(2)15-20-28)31-11-7-6-10-29(31)30-21-16-26(22-32(30)33)25-8-4-3-5-9-25/h3-22H,1-2H3. The van der Waals surface area contributed by atoms with Crippen LogP contribution < -0.4 is 0 Å². The Kier molecular flexibility index (Phi) is 4.55. The van der Waals surface area contributed by atoms with Crippen molar-refractivity contribution < 1.29 is 0 Å². The van der Waals surface area contributed by atoms with Crippen LogP contribution in [0, 0.1) is 13.8 Å². The van der Waals surface area contributed by atoms with Crippen molar-refractivity contribution in [1.29, 1.82) is 0 Å². The molecule has 0 fully saturated rings. The second-order valence-electron chi connectivity index (χ2n) is 9.15. The summed E-state index contributed by atoms with van der Waals surface area (Å²) in [5.41, 5.74) is 12.7. The molecule has 0 saturated heterocycles. The van der Waals surface area contributed by atoms with Gasteiger partial charge in [0.15, 0.2) is 0 Å². The minimum Gasteiger partial charge on any atom is -0.0622 e. The van der Waals surface area contributed by atoms with E-state index < -0.39 is 0 Å². The van der Waals surface area contributed by atoms with E-state index in [4.69, 9.17) is 0 Å². The highest BCUT2D eigenvalue weighted by atomic mass is 14.5. The summed E-state index contributed by atoms with van der Waals surface area (Å²) >= 11 is 0. The van der Waals surface area contributed by atoms with Crippen molar-refractivity contribution in [3.63, 3.8) is 0 Å². The first kappa shape index (κ1) is 19.8. The first-order valence-electron chi connectivity index (χ1n) is 11.6. The molecule has 158 valence electrons. The summed E-state index contributed by atoms with van der Waals surface area (Å²) < 4.78 is 0. The molecule has 0 saturated carbocycles. The van der Waals surface area contributed by atoms with Crippen LogP contribution in [0.5, 0.6) is 0 Å². The normalized spacial score (nSPS) is 13.4. The van der Waals surface area contributed by atoms with Gasteiger partial charge in [0.1, 0.15) is 0 Å². The number of aryl methyl sites for hydroxylation is 2. The lowest BCUT2D eigenvalue weighted by Gasteiger charge is -2.34. The van der Waals surface area contributed by atoms with Crippen LogP contribution in [0.2, 0.25) is 0 Å². The van der Waals surface area contributed by atoms with Gasteiger partial charge in [0.2, 0.25) is 0 Å². The van der Waals surface area contributed by atoms with Gasteiger partial charge in [-0.25, -0.2) is 0 Å². The molecule has 0 atom stereocenters. The lowest BCUT2D eigenvalue weighted by Crippen LogP contribution is -2.28. The Labute approximate surface area is 196 Å². The number of hydrogen-bond donors (Lipinski definition) is 0. The molecule has 0 aliphatic heterocycles. The summed E-state index contributed by atoms with van der Waals surface area (Å²) in [6, 6.07) is 44.9. The molecule has 0 nitrogen and oxygen atoms in total. The second kappa shape index (κ2) is 7.60. The molecule has 0 N–H and O–H groups in total. The fourth-order valence-electron chi connectivity index (χ4n) is 5.49. The zero-order valence-electron chi connectivity index (χ0n) is 19.0. The highest BCUT2D eigenvalue weighted by molar-refractivity contribution is 5.88. The molecular formula is C33H26. The van der Waals surface area contributed by atoms with Crippen molar-refractivity contribution in [2.45, 2.75) is 19.3 Å². The van der Waals surface area contributed by atoms with Gasteiger partial charge >= 0.3 is 0 Å². The molecule has 0 bridgehead atoms. The smallest absolute Gasteiger partial charge is 0.0622 e. The Morgan fingerprint density at radius 1 is 0.424 bits per heavy atom. The Morgan fingerprint density at radius 3 is 1.61 bits per heavy atom. The summed E-state index contributed by atoms with van der Waals surface area (Å²) in [5.74, 6) is 0. The maximum absolute atomic E-state index is 2.42. The maximum atomic E-state index is 2.42. The van der Waals surface area contributed by atoms with Crippen molar-refractivity contribution in [2.75, 3.05) is 0 Å². The van der Waals surface area contributed by atoms with Gasteiger partial charge in [-0.2, -0.15) is 0 Å². The number of benzene rings is 5. The van der Waals surface area contributed by atoms with Gasteiger partial charge in [0.25, 0.3) is 0 Å². The Bertz CT molecular complexity index is 1390. The Balaban J connectivity index is 1.73. The summed E-state index contributed by atoms with van der Waals surface area (Å²) in [5, 5.41) is 0. The Hall–Kier alpha value is -3.90. The molecule has 0 unspecified atom stereocenters. The molecule has 0 heterocycles. The lowest BCUT2D eigenvalue weighted by molar-refractivity contribution is 0.768. The lowest BCUT2D eigenvalue weighted by atomic mass is 9.67. The molecule has 1 aliphatic rings. The van der Waals surface area contributed by atoms with E-state index in [0.717, 1.165) is 0 Å². The number of hydrogen-bond acceptors (Lipinski definition) is 0. The van der Waals surface area contributed by atoms with E-state index >= 15 is 0 Å². The quantitative estimate of drug-likeness (QED) is 0.269. The summed E-state index contributed by atoms with van der Waals surface area (Å²) in [4.78, 5) is 0.